The first-order valence-electron chi connectivity index (χ1n) is 6.15. The van der Waals surface area contributed by atoms with Crippen LogP contribution in [0.5, 0.6) is 0 Å². The van der Waals surface area contributed by atoms with E-state index >= 15 is 0 Å². The molecule has 0 atom stereocenters. The molecular weight excluding hydrogens is 288 g/mol. The highest BCUT2D eigenvalue weighted by atomic mass is 32.2. The fraction of sp³-hybridized carbons (Fsp3) is 0.231. The first-order chi connectivity index (χ1) is 10.1. The van der Waals surface area contributed by atoms with E-state index in [-0.39, 0.29) is 11.7 Å². The van der Waals surface area contributed by atoms with Crippen LogP contribution in [0.25, 0.3) is 0 Å². The molecule has 0 fully saturated rings. The number of benzene rings is 1. The molecule has 2 aromatic rings. The van der Waals surface area contributed by atoms with Crippen LogP contribution in [-0.2, 0) is 18.4 Å². The zero-order chi connectivity index (χ0) is 15.2. The highest BCUT2D eigenvalue weighted by Crippen LogP contribution is 2.16. The van der Waals surface area contributed by atoms with Crippen molar-refractivity contribution >= 4 is 23.4 Å². The molecule has 108 valence electrons. The zero-order valence-corrected chi connectivity index (χ0v) is 12.2. The summed E-state index contributed by atoms with van der Waals surface area (Å²) in [4.78, 5) is 11.9. The van der Waals surface area contributed by atoms with E-state index in [0.29, 0.717) is 28.8 Å². The third kappa shape index (κ3) is 3.81. The summed E-state index contributed by atoms with van der Waals surface area (Å²) in [7, 11) is 1.80. The van der Waals surface area contributed by atoms with Crippen LogP contribution in [-0.4, -0.2) is 26.4 Å². The largest absolute Gasteiger partial charge is 0.325 e. The van der Waals surface area contributed by atoms with Gasteiger partial charge in [-0.3, -0.25) is 4.79 Å². The van der Waals surface area contributed by atoms with Crippen molar-refractivity contribution in [3.8, 4) is 6.07 Å². The predicted molar refractivity (Wildman–Crippen MR) is 79.4 cm³/mol. The van der Waals surface area contributed by atoms with Gasteiger partial charge in [-0.25, -0.2) is 0 Å². The molecule has 2 rings (SSSR count). The lowest BCUT2D eigenvalue weighted by molar-refractivity contribution is -0.113. The van der Waals surface area contributed by atoms with E-state index in [2.05, 4.69) is 15.5 Å². The predicted octanol–water partition coefficient (Wildman–Crippen LogP) is 0.876. The van der Waals surface area contributed by atoms with Gasteiger partial charge >= 0.3 is 0 Å². The van der Waals surface area contributed by atoms with Crippen molar-refractivity contribution in [3.63, 3.8) is 0 Å². The number of hydrogen-bond acceptors (Lipinski definition) is 6. The standard InChI is InChI=1S/C13H14N6OS/c1-19-11(7-15)17-18-13(19)21-8-12(20)16-10-4-2-3-9(5-10)6-14/h2-5H,7-8,15H2,1H3,(H,16,20). The molecule has 1 aromatic carbocycles. The van der Waals surface area contributed by atoms with Crippen LogP contribution in [0.3, 0.4) is 0 Å². The van der Waals surface area contributed by atoms with Crippen LogP contribution < -0.4 is 11.1 Å². The normalized spacial score (nSPS) is 10.1. The molecule has 0 saturated heterocycles. The molecule has 0 spiro atoms. The lowest BCUT2D eigenvalue weighted by Gasteiger charge is -2.05. The lowest BCUT2D eigenvalue weighted by atomic mass is 10.2. The molecule has 0 unspecified atom stereocenters. The lowest BCUT2D eigenvalue weighted by Crippen LogP contribution is -2.14. The van der Waals surface area contributed by atoms with Crippen molar-refractivity contribution in [3.05, 3.63) is 35.7 Å². The Kier molecular flexibility index (Phi) is 4.92. The Morgan fingerprint density at radius 3 is 3.00 bits per heavy atom. The number of nitriles is 1. The molecule has 1 amide bonds. The molecule has 0 aliphatic heterocycles. The van der Waals surface area contributed by atoms with Gasteiger partial charge in [0.25, 0.3) is 0 Å². The van der Waals surface area contributed by atoms with Crippen LogP contribution in [0.4, 0.5) is 5.69 Å². The summed E-state index contributed by atoms with van der Waals surface area (Å²) in [6.07, 6.45) is 0. The number of thioether (sulfide) groups is 1. The van der Waals surface area contributed by atoms with Gasteiger partial charge in [-0.1, -0.05) is 17.8 Å². The van der Waals surface area contributed by atoms with Crippen molar-refractivity contribution in [1.29, 1.82) is 5.26 Å². The van der Waals surface area contributed by atoms with Crippen molar-refractivity contribution in [2.24, 2.45) is 12.8 Å². The molecule has 0 aliphatic rings. The summed E-state index contributed by atoms with van der Waals surface area (Å²) in [5.41, 5.74) is 6.61. The Bertz CT molecular complexity index is 690. The smallest absolute Gasteiger partial charge is 0.234 e. The Hall–Kier alpha value is -2.37. The van der Waals surface area contributed by atoms with Crippen molar-refractivity contribution in [2.75, 3.05) is 11.1 Å². The highest BCUT2D eigenvalue weighted by Gasteiger charge is 2.10. The minimum absolute atomic E-state index is 0.174. The van der Waals surface area contributed by atoms with E-state index in [4.69, 9.17) is 11.0 Å². The summed E-state index contributed by atoms with van der Waals surface area (Å²) in [5, 5.41) is 20.1. The molecule has 0 radical (unpaired) electrons. The molecule has 7 nitrogen and oxygen atoms in total. The Balaban J connectivity index is 1.93. The fourth-order valence-electron chi connectivity index (χ4n) is 1.64. The van der Waals surface area contributed by atoms with E-state index < -0.39 is 0 Å². The number of rotatable bonds is 5. The number of amides is 1. The average Bonchev–Trinajstić information content (AvgIpc) is 2.85. The Morgan fingerprint density at radius 2 is 2.33 bits per heavy atom. The highest BCUT2D eigenvalue weighted by molar-refractivity contribution is 7.99. The second-order valence-electron chi connectivity index (χ2n) is 4.19. The van der Waals surface area contributed by atoms with Gasteiger partial charge < -0.3 is 15.6 Å². The van der Waals surface area contributed by atoms with Gasteiger partial charge in [0.15, 0.2) is 5.16 Å². The number of anilines is 1. The van der Waals surface area contributed by atoms with Crippen molar-refractivity contribution in [1.82, 2.24) is 14.8 Å². The van der Waals surface area contributed by atoms with Gasteiger partial charge in [0.05, 0.1) is 23.9 Å². The van der Waals surface area contributed by atoms with Gasteiger partial charge in [-0.05, 0) is 18.2 Å². The monoisotopic (exact) mass is 302 g/mol. The van der Waals surface area contributed by atoms with Crippen LogP contribution >= 0.6 is 11.8 Å². The van der Waals surface area contributed by atoms with Crippen molar-refractivity contribution < 1.29 is 4.79 Å². The molecule has 8 heteroatoms. The molecular formula is C13H14N6OS. The maximum Gasteiger partial charge on any atom is 0.234 e. The third-order valence-corrected chi connectivity index (χ3v) is 3.74. The SMILES string of the molecule is Cn1c(CN)nnc1SCC(=O)Nc1cccc(C#N)c1. The summed E-state index contributed by atoms with van der Waals surface area (Å²) >= 11 is 1.28. The van der Waals surface area contributed by atoms with Gasteiger partial charge in [0, 0.05) is 12.7 Å². The quantitative estimate of drug-likeness (QED) is 0.793. The molecule has 0 bridgehead atoms. The van der Waals surface area contributed by atoms with Crippen molar-refractivity contribution in [2.45, 2.75) is 11.7 Å². The molecule has 21 heavy (non-hydrogen) atoms. The summed E-state index contributed by atoms with van der Waals surface area (Å²) < 4.78 is 1.76. The summed E-state index contributed by atoms with van der Waals surface area (Å²) in [5.74, 6) is 0.694. The maximum atomic E-state index is 11.9. The van der Waals surface area contributed by atoms with E-state index in [1.54, 1.807) is 35.9 Å². The molecule has 0 aliphatic carbocycles. The number of aromatic nitrogens is 3. The number of nitrogens with two attached hydrogens (primary N) is 1. The minimum Gasteiger partial charge on any atom is -0.325 e. The fourth-order valence-corrected chi connectivity index (χ4v) is 2.37. The molecule has 0 saturated carbocycles. The minimum atomic E-state index is -0.174. The van der Waals surface area contributed by atoms with E-state index in [9.17, 15) is 4.79 Å². The average molecular weight is 302 g/mol. The van der Waals surface area contributed by atoms with E-state index in [1.165, 1.54) is 11.8 Å². The first kappa shape index (κ1) is 15.0. The van der Waals surface area contributed by atoms with Crippen LogP contribution in [0.15, 0.2) is 29.4 Å². The Labute approximate surface area is 126 Å². The van der Waals surface area contributed by atoms with Crippen LogP contribution in [0.2, 0.25) is 0 Å². The summed E-state index contributed by atoms with van der Waals surface area (Å²) in [6, 6.07) is 8.78. The molecule has 1 heterocycles. The van der Waals surface area contributed by atoms with Crippen LogP contribution in [0.1, 0.15) is 11.4 Å². The van der Waals surface area contributed by atoms with Gasteiger partial charge in [0.2, 0.25) is 5.91 Å². The number of nitrogens with zero attached hydrogens (tertiary/aromatic N) is 4. The first-order valence-corrected chi connectivity index (χ1v) is 7.13. The van der Waals surface area contributed by atoms with E-state index in [0.717, 1.165) is 0 Å². The number of hydrogen-bond donors (Lipinski definition) is 2. The molecule has 3 N–H and O–H groups in total. The molecule has 1 aromatic heterocycles. The van der Waals surface area contributed by atoms with Crippen LogP contribution in [0, 0.1) is 11.3 Å². The Morgan fingerprint density at radius 1 is 1.52 bits per heavy atom. The van der Waals surface area contributed by atoms with E-state index in [1.807, 2.05) is 6.07 Å². The zero-order valence-electron chi connectivity index (χ0n) is 11.4. The van der Waals surface area contributed by atoms with Gasteiger partial charge in [0.1, 0.15) is 5.82 Å². The van der Waals surface area contributed by atoms with Gasteiger partial charge in [-0.2, -0.15) is 5.26 Å². The number of nitrogens with one attached hydrogen (secondary N) is 1. The second-order valence-corrected chi connectivity index (χ2v) is 5.13. The van der Waals surface area contributed by atoms with Gasteiger partial charge in [-0.15, -0.1) is 10.2 Å². The topological polar surface area (TPSA) is 110 Å². The third-order valence-electron chi connectivity index (χ3n) is 2.72. The second kappa shape index (κ2) is 6.88. The number of carbonyl (C=O) groups is 1. The summed E-state index contributed by atoms with van der Waals surface area (Å²) in [6.45, 7) is 0.303. The maximum absolute atomic E-state index is 11.9. The number of carbonyl (C=O) groups excluding carboxylic acids is 1.